The van der Waals surface area contributed by atoms with Crippen LogP contribution in [0.3, 0.4) is 0 Å². The summed E-state index contributed by atoms with van der Waals surface area (Å²) in [4.78, 5) is 16.4. The molecule has 3 nitrogen and oxygen atoms in total. The second kappa shape index (κ2) is 6.21. The zero-order valence-corrected chi connectivity index (χ0v) is 12.6. The molecule has 1 fully saturated rings. The molecule has 0 N–H and O–H groups in total. The number of amides is 1. The number of rotatable bonds is 3. The second-order valence-corrected chi connectivity index (χ2v) is 5.75. The fraction of sp³-hybridized carbons (Fsp3) is 0.286. The molecule has 1 amide bonds. The van der Waals surface area contributed by atoms with Crippen LogP contribution in [0.15, 0.2) is 47.2 Å². The fourth-order valence-corrected chi connectivity index (χ4v) is 3.07. The van der Waals surface area contributed by atoms with Crippen molar-refractivity contribution in [1.29, 1.82) is 0 Å². The van der Waals surface area contributed by atoms with Crippen LogP contribution < -0.4 is 0 Å². The Morgan fingerprint density at radius 1 is 1.21 bits per heavy atom. The van der Waals surface area contributed by atoms with Gasteiger partial charge in [-0.05, 0) is 37.6 Å². The Morgan fingerprint density at radius 2 is 1.89 bits per heavy atom. The van der Waals surface area contributed by atoms with Crippen LogP contribution in [-0.4, -0.2) is 33.1 Å². The molecular weight excluding hydrogens is 276 g/mol. The first-order chi connectivity index (χ1) is 9.15. The Bertz CT molecular complexity index is 502. The lowest BCUT2D eigenvalue weighted by Crippen LogP contribution is -2.27. The van der Waals surface area contributed by atoms with E-state index in [1.54, 1.807) is 4.90 Å². The van der Waals surface area contributed by atoms with Crippen LogP contribution in [0.25, 0.3) is 0 Å². The number of likely N-dealkylation sites (N-methyl/N-ethyl adjacent to an activating group) is 1. The molecule has 1 saturated heterocycles. The summed E-state index contributed by atoms with van der Waals surface area (Å²) in [5, 5.41) is 0. The van der Waals surface area contributed by atoms with Gasteiger partial charge in [-0.2, -0.15) is 0 Å². The molecule has 0 saturated carbocycles. The summed E-state index contributed by atoms with van der Waals surface area (Å²) in [6, 6.07) is 0. The average Bonchev–Trinajstić information content (AvgIpc) is 2.71. The third kappa shape index (κ3) is 3.16. The first-order valence-corrected chi connectivity index (χ1v) is 7.46. The highest BCUT2D eigenvalue weighted by atomic mass is 32.2. The number of allylic oxidation sites excluding steroid dienone is 5. The van der Waals surface area contributed by atoms with Gasteiger partial charge in [-0.25, -0.2) is 0 Å². The number of carbonyl (C=O) groups is 1. The highest BCUT2D eigenvalue weighted by molar-refractivity contribution is 8.26. The Hall–Kier alpha value is -1.33. The van der Waals surface area contributed by atoms with E-state index in [1.807, 2.05) is 43.6 Å². The van der Waals surface area contributed by atoms with Crippen LogP contribution in [0.5, 0.6) is 0 Å². The molecule has 19 heavy (non-hydrogen) atoms. The standard InChI is InChI=1S/C14H16N2OS2/c1-3-15-9-7-11(8-10-15)5-6-12-13(17)16(4-2)14(18)19-12/h5-10H,3-4H2,1-2H3/b12-6-. The predicted molar refractivity (Wildman–Crippen MR) is 84.4 cm³/mol. The van der Waals surface area contributed by atoms with Crippen LogP contribution in [0, 0.1) is 0 Å². The third-order valence-electron chi connectivity index (χ3n) is 2.90. The van der Waals surface area contributed by atoms with Crippen LogP contribution in [0.2, 0.25) is 0 Å². The molecule has 2 aliphatic rings. The highest BCUT2D eigenvalue weighted by Gasteiger charge is 2.30. The predicted octanol–water partition coefficient (Wildman–Crippen LogP) is 3.04. The number of thiocarbonyl (C=S) groups is 1. The van der Waals surface area contributed by atoms with Gasteiger partial charge in [0, 0.05) is 25.5 Å². The second-order valence-electron chi connectivity index (χ2n) is 4.08. The van der Waals surface area contributed by atoms with Crippen molar-refractivity contribution in [2.75, 3.05) is 13.1 Å². The van der Waals surface area contributed by atoms with Crippen molar-refractivity contribution in [3.63, 3.8) is 0 Å². The number of thioether (sulfide) groups is 1. The van der Waals surface area contributed by atoms with Crippen LogP contribution in [0.1, 0.15) is 13.8 Å². The molecule has 0 bridgehead atoms. The first-order valence-electron chi connectivity index (χ1n) is 6.23. The van der Waals surface area contributed by atoms with Gasteiger partial charge in [-0.3, -0.25) is 9.69 Å². The van der Waals surface area contributed by atoms with Gasteiger partial charge in [0.1, 0.15) is 4.32 Å². The maximum Gasteiger partial charge on any atom is 0.266 e. The summed E-state index contributed by atoms with van der Waals surface area (Å²) >= 11 is 6.53. The van der Waals surface area contributed by atoms with Crippen LogP contribution >= 0.6 is 24.0 Å². The summed E-state index contributed by atoms with van der Waals surface area (Å²) in [5.74, 6) is 0.00769. The van der Waals surface area contributed by atoms with E-state index >= 15 is 0 Å². The molecule has 2 heterocycles. The molecular formula is C14H16N2OS2. The van der Waals surface area contributed by atoms with E-state index in [1.165, 1.54) is 11.8 Å². The number of carbonyl (C=O) groups excluding carboxylic acids is 1. The Morgan fingerprint density at radius 3 is 2.42 bits per heavy atom. The smallest absolute Gasteiger partial charge is 0.266 e. The minimum atomic E-state index is 0.00769. The van der Waals surface area contributed by atoms with E-state index in [-0.39, 0.29) is 5.91 Å². The van der Waals surface area contributed by atoms with Gasteiger partial charge in [0.05, 0.1) is 4.91 Å². The molecule has 2 aliphatic heterocycles. The van der Waals surface area contributed by atoms with E-state index < -0.39 is 0 Å². The van der Waals surface area contributed by atoms with Gasteiger partial charge in [0.25, 0.3) is 5.91 Å². The van der Waals surface area contributed by atoms with Crippen molar-refractivity contribution >= 4 is 34.2 Å². The van der Waals surface area contributed by atoms with Crippen LogP contribution in [-0.2, 0) is 4.79 Å². The molecule has 0 unspecified atom stereocenters. The third-order valence-corrected chi connectivity index (χ3v) is 4.30. The average molecular weight is 292 g/mol. The largest absolute Gasteiger partial charge is 0.354 e. The molecule has 0 atom stereocenters. The molecule has 0 aliphatic carbocycles. The zero-order valence-electron chi connectivity index (χ0n) is 11.0. The van der Waals surface area contributed by atoms with Gasteiger partial charge >= 0.3 is 0 Å². The molecule has 0 radical (unpaired) electrons. The van der Waals surface area contributed by atoms with E-state index in [0.717, 1.165) is 12.1 Å². The number of hydrogen-bond donors (Lipinski definition) is 0. The van der Waals surface area contributed by atoms with Crippen molar-refractivity contribution in [2.45, 2.75) is 13.8 Å². The van der Waals surface area contributed by atoms with Gasteiger partial charge in [-0.1, -0.05) is 30.1 Å². The van der Waals surface area contributed by atoms with E-state index in [9.17, 15) is 4.79 Å². The Labute approximate surface area is 123 Å². The molecule has 2 rings (SSSR count). The zero-order chi connectivity index (χ0) is 13.8. The summed E-state index contributed by atoms with van der Waals surface area (Å²) in [6.45, 7) is 5.61. The van der Waals surface area contributed by atoms with E-state index in [0.29, 0.717) is 15.8 Å². The topological polar surface area (TPSA) is 23.6 Å². The lowest BCUT2D eigenvalue weighted by atomic mass is 10.2. The Balaban J connectivity index is 2.10. The van der Waals surface area contributed by atoms with Gasteiger partial charge in [0.2, 0.25) is 0 Å². The van der Waals surface area contributed by atoms with Crippen molar-refractivity contribution in [3.8, 4) is 0 Å². The van der Waals surface area contributed by atoms with Crippen molar-refractivity contribution in [1.82, 2.24) is 9.80 Å². The van der Waals surface area contributed by atoms with Crippen molar-refractivity contribution < 1.29 is 4.79 Å². The van der Waals surface area contributed by atoms with Gasteiger partial charge < -0.3 is 4.90 Å². The minimum Gasteiger partial charge on any atom is -0.354 e. The molecule has 5 heteroatoms. The summed E-state index contributed by atoms with van der Waals surface area (Å²) in [5.41, 5.74) is 1.08. The van der Waals surface area contributed by atoms with Crippen LogP contribution in [0.4, 0.5) is 0 Å². The Kier molecular flexibility index (Phi) is 4.61. The SMILES string of the molecule is CCN1C=CC(=C/C=C2\SC(=S)N(CC)C2=O)C=C1. The lowest BCUT2D eigenvalue weighted by molar-refractivity contribution is -0.122. The number of hydrogen-bond acceptors (Lipinski definition) is 4. The molecule has 0 spiro atoms. The van der Waals surface area contributed by atoms with E-state index in [2.05, 4.69) is 11.8 Å². The summed E-state index contributed by atoms with van der Waals surface area (Å²) in [6.07, 6.45) is 11.9. The van der Waals surface area contributed by atoms with Crippen molar-refractivity contribution in [3.05, 3.63) is 47.2 Å². The number of nitrogens with zero attached hydrogens (tertiary/aromatic N) is 2. The molecule has 0 aromatic rings. The minimum absolute atomic E-state index is 0.00769. The fourth-order valence-electron chi connectivity index (χ4n) is 1.75. The van der Waals surface area contributed by atoms with Gasteiger partial charge in [0.15, 0.2) is 0 Å². The first kappa shape index (κ1) is 14.1. The highest BCUT2D eigenvalue weighted by Crippen LogP contribution is 2.30. The maximum absolute atomic E-state index is 12.0. The molecule has 100 valence electrons. The monoisotopic (exact) mass is 292 g/mol. The maximum atomic E-state index is 12.0. The quantitative estimate of drug-likeness (QED) is 0.589. The van der Waals surface area contributed by atoms with Gasteiger partial charge in [-0.15, -0.1) is 0 Å². The normalized spacial score (nSPS) is 20.9. The van der Waals surface area contributed by atoms with E-state index in [4.69, 9.17) is 12.2 Å². The lowest BCUT2D eigenvalue weighted by Gasteiger charge is -2.15. The molecule has 0 aromatic heterocycles. The molecule has 0 aromatic carbocycles. The summed E-state index contributed by atoms with van der Waals surface area (Å²) < 4.78 is 0.643. The van der Waals surface area contributed by atoms with Crippen molar-refractivity contribution in [2.24, 2.45) is 0 Å². The summed E-state index contributed by atoms with van der Waals surface area (Å²) in [7, 11) is 0.